The minimum atomic E-state index is 0.670. The molecule has 52 heavy (non-hydrogen) atoms. The lowest BCUT2D eigenvalue weighted by Crippen LogP contribution is -1.97. The molecule has 10 aromatic rings. The minimum Gasteiger partial charge on any atom is -0.248 e. The van der Waals surface area contributed by atoms with Crippen molar-refractivity contribution in [1.29, 1.82) is 0 Å². The van der Waals surface area contributed by atoms with E-state index in [0.717, 1.165) is 66.8 Å². The van der Waals surface area contributed by atoms with E-state index in [1.54, 1.807) is 0 Å². The molecule has 3 aromatic heterocycles. The Hall–Kier alpha value is -7.04. The topological polar surface area (TPSA) is 51.6 Å². The molecule has 0 aliphatic carbocycles. The third-order valence-corrected chi connectivity index (χ3v) is 9.85. The molecule has 0 fully saturated rings. The van der Waals surface area contributed by atoms with Crippen molar-refractivity contribution in [2.24, 2.45) is 0 Å². The number of nitrogens with zero attached hydrogens (tertiary/aromatic N) is 4. The van der Waals surface area contributed by atoms with Crippen LogP contribution in [0.25, 0.3) is 99.8 Å². The van der Waals surface area contributed by atoms with Gasteiger partial charge in [-0.3, -0.25) is 0 Å². The minimum absolute atomic E-state index is 0.670. The number of hydrogen-bond acceptors (Lipinski definition) is 4. The Morgan fingerprint density at radius 1 is 0.269 bits per heavy atom. The van der Waals surface area contributed by atoms with Crippen LogP contribution in [-0.2, 0) is 0 Å². The molecule has 0 radical (unpaired) electrons. The standard InChI is InChI=1S/C48H30N4/c1-3-11-31(12-4-1)46-30-47(52-48(51-46)34-13-5-2-6-14-34)43-26-24-33-20-22-37(29-45(33)50-43)42-25-23-32-19-21-36(28-44(32)49-42)41-27-35-15-7-8-16-38(35)39-17-9-10-18-40(39)41/h1-30H. The van der Waals surface area contributed by atoms with Gasteiger partial charge in [0.05, 0.1) is 33.8 Å². The molecule has 0 amide bonds. The lowest BCUT2D eigenvalue weighted by Gasteiger charge is -2.12. The largest absolute Gasteiger partial charge is 0.248 e. The SMILES string of the molecule is c1ccc(-c2cc(-c3ccc4ccc(-c5ccc6ccc(-c7cc8ccccc8c8ccccc78)cc6n5)cc4n3)nc(-c3ccccc3)n2)cc1. The first-order valence-electron chi connectivity index (χ1n) is 17.5. The maximum Gasteiger partial charge on any atom is 0.160 e. The van der Waals surface area contributed by atoms with Crippen molar-refractivity contribution in [1.82, 2.24) is 19.9 Å². The molecule has 7 aromatic carbocycles. The first kappa shape index (κ1) is 29.8. The zero-order valence-corrected chi connectivity index (χ0v) is 28.1. The van der Waals surface area contributed by atoms with Crippen molar-refractivity contribution in [3.8, 4) is 56.4 Å². The summed E-state index contributed by atoms with van der Waals surface area (Å²) in [6.07, 6.45) is 0. The predicted octanol–water partition coefficient (Wildman–Crippen LogP) is 12.2. The molecule has 4 heteroatoms. The molecule has 10 rings (SSSR count). The highest BCUT2D eigenvalue weighted by Crippen LogP contribution is 2.36. The zero-order chi connectivity index (χ0) is 34.4. The van der Waals surface area contributed by atoms with Gasteiger partial charge in [0.25, 0.3) is 0 Å². The molecule has 0 aliphatic heterocycles. The van der Waals surface area contributed by atoms with Crippen LogP contribution in [0.4, 0.5) is 0 Å². The molecule has 3 heterocycles. The number of rotatable bonds is 5. The molecule has 0 aliphatic rings. The molecule has 0 unspecified atom stereocenters. The Labute approximate surface area is 300 Å². The fourth-order valence-corrected chi connectivity index (χ4v) is 7.21. The summed E-state index contributed by atoms with van der Waals surface area (Å²) >= 11 is 0. The molecular formula is C48H30N4. The first-order chi connectivity index (χ1) is 25.7. The highest BCUT2D eigenvalue weighted by atomic mass is 14.9. The summed E-state index contributed by atoms with van der Waals surface area (Å²) in [5.74, 6) is 0.670. The van der Waals surface area contributed by atoms with Crippen molar-refractivity contribution >= 4 is 43.4 Å². The van der Waals surface area contributed by atoms with Gasteiger partial charge in [-0.05, 0) is 69.1 Å². The molecule has 0 N–H and O–H groups in total. The van der Waals surface area contributed by atoms with E-state index >= 15 is 0 Å². The Morgan fingerprint density at radius 3 is 1.60 bits per heavy atom. The molecule has 0 bridgehead atoms. The Kier molecular flexibility index (Phi) is 7.10. The highest BCUT2D eigenvalue weighted by Gasteiger charge is 2.14. The Balaban J connectivity index is 1.06. The number of benzene rings is 7. The summed E-state index contributed by atoms with van der Waals surface area (Å²) in [6.45, 7) is 0. The first-order valence-corrected chi connectivity index (χ1v) is 17.5. The van der Waals surface area contributed by atoms with Crippen LogP contribution in [0.2, 0.25) is 0 Å². The molecular weight excluding hydrogens is 633 g/mol. The average Bonchev–Trinajstić information content (AvgIpc) is 3.23. The van der Waals surface area contributed by atoms with E-state index in [0.29, 0.717) is 5.82 Å². The van der Waals surface area contributed by atoms with Gasteiger partial charge in [0.15, 0.2) is 5.82 Å². The Morgan fingerprint density at radius 2 is 0.827 bits per heavy atom. The molecule has 0 atom stereocenters. The third kappa shape index (κ3) is 5.34. The van der Waals surface area contributed by atoms with E-state index in [1.807, 2.05) is 60.7 Å². The second-order valence-electron chi connectivity index (χ2n) is 13.1. The molecule has 242 valence electrons. The quantitative estimate of drug-likeness (QED) is 0.172. The van der Waals surface area contributed by atoms with E-state index < -0.39 is 0 Å². The van der Waals surface area contributed by atoms with Crippen molar-refractivity contribution in [2.45, 2.75) is 0 Å². The maximum absolute atomic E-state index is 5.20. The van der Waals surface area contributed by atoms with Gasteiger partial charge in [-0.15, -0.1) is 0 Å². The van der Waals surface area contributed by atoms with Crippen molar-refractivity contribution in [3.05, 3.63) is 182 Å². The second kappa shape index (κ2) is 12.4. The lowest BCUT2D eigenvalue weighted by atomic mass is 9.93. The maximum atomic E-state index is 5.20. The molecule has 0 saturated carbocycles. The van der Waals surface area contributed by atoms with Crippen LogP contribution >= 0.6 is 0 Å². The summed E-state index contributed by atoms with van der Waals surface area (Å²) in [4.78, 5) is 20.3. The fraction of sp³-hybridized carbons (Fsp3) is 0. The van der Waals surface area contributed by atoms with Gasteiger partial charge in [-0.25, -0.2) is 19.9 Å². The number of hydrogen-bond donors (Lipinski definition) is 0. The normalized spacial score (nSPS) is 11.5. The van der Waals surface area contributed by atoms with Crippen LogP contribution in [-0.4, -0.2) is 19.9 Å². The van der Waals surface area contributed by atoms with Crippen LogP contribution in [0, 0.1) is 0 Å². The van der Waals surface area contributed by atoms with E-state index in [4.69, 9.17) is 19.9 Å². The third-order valence-electron chi connectivity index (χ3n) is 9.85. The second-order valence-corrected chi connectivity index (χ2v) is 13.1. The summed E-state index contributed by atoms with van der Waals surface area (Å²) in [5, 5.41) is 7.16. The predicted molar refractivity (Wildman–Crippen MR) is 215 cm³/mol. The summed E-state index contributed by atoms with van der Waals surface area (Å²) in [6, 6.07) is 63.3. The zero-order valence-electron chi connectivity index (χ0n) is 28.1. The van der Waals surface area contributed by atoms with Gasteiger partial charge >= 0.3 is 0 Å². The van der Waals surface area contributed by atoms with Crippen molar-refractivity contribution in [3.63, 3.8) is 0 Å². The summed E-state index contributed by atoms with van der Waals surface area (Å²) in [7, 11) is 0. The van der Waals surface area contributed by atoms with Crippen molar-refractivity contribution in [2.75, 3.05) is 0 Å². The number of pyridine rings is 2. The van der Waals surface area contributed by atoms with E-state index in [2.05, 4.69) is 121 Å². The molecule has 4 nitrogen and oxygen atoms in total. The molecule has 0 saturated heterocycles. The fourth-order valence-electron chi connectivity index (χ4n) is 7.21. The lowest BCUT2D eigenvalue weighted by molar-refractivity contribution is 1.17. The van der Waals surface area contributed by atoms with Crippen LogP contribution in [0.1, 0.15) is 0 Å². The van der Waals surface area contributed by atoms with Gasteiger partial charge in [0.2, 0.25) is 0 Å². The van der Waals surface area contributed by atoms with Crippen molar-refractivity contribution < 1.29 is 0 Å². The average molecular weight is 663 g/mol. The van der Waals surface area contributed by atoms with Gasteiger partial charge in [-0.2, -0.15) is 0 Å². The highest BCUT2D eigenvalue weighted by molar-refractivity contribution is 6.14. The van der Waals surface area contributed by atoms with Crippen LogP contribution in [0.3, 0.4) is 0 Å². The van der Waals surface area contributed by atoms with Gasteiger partial charge in [0.1, 0.15) is 0 Å². The smallest absolute Gasteiger partial charge is 0.160 e. The van der Waals surface area contributed by atoms with Gasteiger partial charge < -0.3 is 0 Å². The van der Waals surface area contributed by atoms with Crippen LogP contribution in [0.15, 0.2) is 182 Å². The van der Waals surface area contributed by atoms with E-state index in [9.17, 15) is 0 Å². The van der Waals surface area contributed by atoms with Crippen LogP contribution in [0.5, 0.6) is 0 Å². The Bertz CT molecular complexity index is 2900. The van der Waals surface area contributed by atoms with Gasteiger partial charge in [0, 0.05) is 27.5 Å². The molecule has 0 spiro atoms. The van der Waals surface area contributed by atoms with E-state index in [-0.39, 0.29) is 0 Å². The number of fused-ring (bicyclic) bond motifs is 5. The van der Waals surface area contributed by atoms with Gasteiger partial charge in [-0.1, -0.05) is 146 Å². The summed E-state index contributed by atoms with van der Waals surface area (Å²) in [5.41, 5.74) is 10.5. The number of aromatic nitrogens is 4. The van der Waals surface area contributed by atoms with E-state index in [1.165, 1.54) is 27.1 Å². The van der Waals surface area contributed by atoms with Crippen LogP contribution < -0.4 is 0 Å². The monoisotopic (exact) mass is 662 g/mol. The summed E-state index contributed by atoms with van der Waals surface area (Å²) < 4.78 is 0.